The Hall–Kier alpha value is -0.940. The molecule has 1 saturated carbocycles. The van der Waals surface area contributed by atoms with E-state index in [9.17, 15) is 4.79 Å². The van der Waals surface area contributed by atoms with Crippen LogP contribution in [0.4, 0.5) is 0 Å². The Morgan fingerprint density at radius 1 is 1.27 bits per heavy atom. The Labute approximate surface area is 136 Å². The third kappa shape index (κ3) is 2.58. The number of hydrogen-bond acceptors (Lipinski definition) is 4. The lowest BCUT2D eigenvalue weighted by Crippen LogP contribution is -2.48. The number of nitrogens with zero attached hydrogens (tertiary/aromatic N) is 3. The molecular weight excluding hydrogens is 294 g/mol. The van der Waals surface area contributed by atoms with E-state index in [-0.39, 0.29) is 11.4 Å². The van der Waals surface area contributed by atoms with Gasteiger partial charge in [-0.3, -0.25) is 9.69 Å². The van der Waals surface area contributed by atoms with E-state index in [1.807, 2.05) is 10.3 Å². The van der Waals surface area contributed by atoms with Crippen LogP contribution < -0.4 is 0 Å². The van der Waals surface area contributed by atoms with E-state index in [1.165, 1.54) is 63.0 Å². The minimum absolute atomic E-state index is 0.130. The second-order valence-corrected chi connectivity index (χ2v) is 7.99. The van der Waals surface area contributed by atoms with Gasteiger partial charge in [-0.05, 0) is 44.6 Å². The first kappa shape index (κ1) is 14.6. The van der Waals surface area contributed by atoms with Crippen molar-refractivity contribution in [1.82, 2.24) is 14.8 Å². The number of carbonyl (C=O) groups is 1. The van der Waals surface area contributed by atoms with Crippen LogP contribution >= 0.6 is 11.3 Å². The highest BCUT2D eigenvalue weighted by Crippen LogP contribution is 2.40. The van der Waals surface area contributed by atoms with Gasteiger partial charge in [-0.25, -0.2) is 4.98 Å². The van der Waals surface area contributed by atoms with Crippen molar-refractivity contribution in [1.29, 1.82) is 0 Å². The van der Waals surface area contributed by atoms with E-state index in [1.54, 1.807) is 5.51 Å². The van der Waals surface area contributed by atoms with Crippen molar-refractivity contribution in [3.8, 4) is 0 Å². The highest BCUT2D eigenvalue weighted by atomic mass is 32.1. The molecule has 4 rings (SSSR count). The summed E-state index contributed by atoms with van der Waals surface area (Å²) < 4.78 is 0. The molecule has 22 heavy (non-hydrogen) atoms. The fraction of sp³-hybridized carbons (Fsp3) is 0.765. The van der Waals surface area contributed by atoms with Gasteiger partial charge in [0.15, 0.2) is 0 Å². The van der Waals surface area contributed by atoms with Crippen LogP contribution in [0.3, 0.4) is 0 Å². The normalized spacial score (nSPS) is 29.9. The predicted octanol–water partition coefficient (Wildman–Crippen LogP) is 3.01. The standard InChI is InChI=1S/C17H25N3OS/c21-16(15-11-22-13-18-15)19-9-7-17(12-19)6-3-8-20(17)10-14-4-1-2-5-14/h11,13-14H,1-10,12H2. The lowest BCUT2D eigenvalue weighted by atomic mass is 9.94. The van der Waals surface area contributed by atoms with Crippen molar-refractivity contribution in [2.24, 2.45) is 5.92 Å². The number of rotatable bonds is 3. The van der Waals surface area contributed by atoms with Gasteiger partial charge in [-0.1, -0.05) is 12.8 Å². The van der Waals surface area contributed by atoms with Gasteiger partial charge in [0.1, 0.15) is 5.69 Å². The molecule has 1 amide bonds. The zero-order valence-corrected chi connectivity index (χ0v) is 14.0. The summed E-state index contributed by atoms with van der Waals surface area (Å²) in [6.45, 7) is 4.31. The molecule has 120 valence electrons. The van der Waals surface area contributed by atoms with Crippen molar-refractivity contribution < 1.29 is 4.79 Å². The second-order valence-electron chi connectivity index (χ2n) is 7.27. The number of carbonyl (C=O) groups excluding carboxylic acids is 1. The smallest absolute Gasteiger partial charge is 0.273 e. The molecule has 1 aromatic heterocycles. The Morgan fingerprint density at radius 3 is 2.91 bits per heavy atom. The van der Waals surface area contributed by atoms with Gasteiger partial charge in [-0.2, -0.15) is 0 Å². The van der Waals surface area contributed by atoms with Crippen molar-refractivity contribution in [3.63, 3.8) is 0 Å². The predicted molar refractivity (Wildman–Crippen MR) is 88.1 cm³/mol. The molecule has 3 fully saturated rings. The van der Waals surface area contributed by atoms with E-state index in [0.717, 1.165) is 25.4 Å². The number of aromatic nitrogens is 1. The molecule has 0 N–H and O–H groups in total. The van der Waals surface area contributed by atoms with Crippen molar-refractivity contribution in [2.75, 3.05) is 26.2 Å². The molecule has 1 spiro atoms. The Bertz CT molecular complexity index is 526. The van der Waals surface area contributed by atoms with Crippen LogP contribution in [0.15, 0.2) is 10.9 Å². The molecule has 3 heterocycles. The van der Waals surface area contributed by atoms with Crippen LogP contribution in [0.25, 0.3) is 0 Å². The van der Waals surface area contributed by atoms with E-state index in [0.29, 0.717) is 5.69 Å². The van der Waals surface area contributed by atoms with Gasteiger partial charge < -0.3 is 4.90 Å². The zero-order chi connectivity index (χ0) is 15.0. The summed E-state index contributed by atoms with van der Waals surface area (Å²) in [5.41, 5.74) is 2.65. The van der Waals surface area contributed by atoms with Crippen LogP contribution in [0.1, 0.15) is 55.4 Å². The molecule has 0 radical (unpaired) electrons. The number of thiazole rings is 1. The minimum Gasteiger partial charge on any atom is -0.335 e. The Morgan fingerprint density at radius 2 is 2.14 bits per heavy atom. The van der Waals surface area contributed by atoms with Gasteiger partial charge in [0.05, 0.1) is 5.51 Å². The van der Waals surface area contributed by atoms with Crippen LogP contribution in [0, 0.1) is 5.92 Å². The summed E-state index contributed by atoms with van der Waals surface area (Å²) in [6.07, 6.45) is 9.36. The molecule has 3 aliphatic rings. The van der Waals surface area contributed by atoms with E-state index in [2.05, 4.69) is 9.88 Å². The zero-order valence-electron chi connectivity index (χ0n) is 13.2. The maximum atomic E-state index is 12.6. The highest BCUT2D eigenvalue weighted by Gasteiger charge is 2.47. The SMILES string of the molecule is O=C(c1cscn1)N1CCC2(CCCN2CC2CCCC2)C1. The van der Waals surface area contributed by atoms with Gasteiger partial charge >= 0.3 is 0 Å². The monoisotopic (exact) mass is 319 g/mol. The molecule has 4 nitrogen and oxygen atoms in total. The summed E-state index contributed by atoms with van der Waals surface area (Å²) in [5, 5.41) is 1.87. The first-order chi connectivity index (χ1) is 10.8. The molecule has 1 atom stereocenters. The van der Waals surface area contributed by atoms with E-state index >= 15 is 0 Å². The number of likely N-dealkylation sites (tertiary alicyclic amines) is 2. The largest absolute Gasteiger partial charge is 0.335 e. The Kier molecular flexibility index (Phi) is 3.95. The molecule has 1 aliphatic carbocycles. The number of amides is 1. The third-order valence-electron chi connectivity index (χ3n) is 5.97. The van der Waals surface area contributed by atoms with Crippen molar-refractivity contribution in [2.45, 2.75) is 50.5 Å². The fourth-order valence-corrected chi connectivity index (χ4v) is 5.28. The van der Waals surface area contributed by atoms with Crippen molar-refractivity contribution >= 4 is 17.2 Å². The summed E-state index contributed by atoms with van der Waals surface area (Å²) in [6, 6.07) is 0. The summed E-state index contributed by atoms with van der Waals surface area (Å²) in [5.74, 6) is 1.03. The van der Waals surface area contributed by atoms with Crippen LogP contribution in [-0.2, 0) is 0 Å². The number of hydrogen-bond donors (Lipinski definition) is 0. The minimum atomic E-state index is 0.130. The van der Waals surface area contributed by atoms with Gasteiger partial charge in [0.2, 0.25) is 0 Å². The summed E-state index contributed by atoms with van der Waals surface area (Å²) in [7, 11) is 0. The van der Waals surface area contributed by atoms with E-state index < -0.39 is 0 Å². The first-order valence-electron chi connectivity index (χ1n) is 8.69. The maximum Gasteiger partial charge on any atom is 0.273 e. The molecule has 2 aliphatic heterocycles. The average molecular weight is 319 g/mol. The second kappa shape index (κ2) is 5.93. The molecular formula is C17H25N3OS. The molecule has 2 saturated heterocycles. The molecule has 1 unspecified atom stereocenters. The van der Waals surface area contributed by atoms with Gasteiger partial charge in [-0.15, -0.1) is 11.3 Å². The summed E-state index contributed by atoms with van der Waals surface area (Å²) >= 11 is 1.50. The molecule has 0 bridgehead atoms. The highest BCUT2D eigenvalue weighted by molar-refractivity contribution is 7.07. The molecule has 5 heteroatoms. The topological polar surface area (TPSA) is 36.4 Å². The lowest BCUT2D eigenvalue weighted by Gasteiger charge is -2.36. The average Bonchev–Trinajstić information content (AvgIpc) is 3.29. The quantitative estimate of drug-likeness (QED) is 0.859. The van der Waals surface area contributed by atoms with Crippen LogP contribution in [0.2, 0.25) is 0 Å². The van der Waals surface area contributed by atoms with Gasteiger partial charge in [0, 0.05) is 30.6 Å². The van der Waals surface area contributed by atoms with Crippen molar-refractivity contribution in [3.05, 3.63) is 16.6 Å². The fourth-order valence-electron chi connectivity index (χ4n) is 4.76. The van der Waals surface area contributed by atoms with E-state index in [4.69, 9.17) is 0 Å². The third-order valence-corrected chi connectivity index (χ3v) is 6.55. The first-order valence-corrected chi connectivity index (χ1v) is 9.64. The Balaban J connectivity index is 1.44. The van der Waals surface area contributed by atoms with Gasteiger partial charge in [0.25, 0.3) is 5.91 Å². The summed E-state index contributed by atoms with van der Waals surface area (Å²) in [4.78, 5) is 21.5. The van der Waals surface area contributed by atoms with Crippen LogP contribution in [0.5, 0.6) is 0 Å². The molecule has 1 aromatic rings. The molecule has 0 aromatic carbocycles. The maximum absolute atomic E-state index is 12.6. The van der Waals surface area contributed by atoms with Crippen LogP contribution in [-0.4, -0.2) is 52.4 Å². The lowest BCUT2D eigenvalue weighted by molar-refractivity contribution is 0.0729.